The van der Waals surface area contributed by atoms with E-state index in [1.165, 1.54) is 5.39 Å². The molecule has 0 radical (unpaired) electrons. The molecule has 106 valence electrons. The number of aliphatic hydroxyl groups is 1. The molecule has 3 aromatic rings. The molecule has 0 spiro atoms. The average molecular weight is 299 g/mol. The molecule has 0 bridgehead atoms. The first-order valence-corrected chi connectivity index (χ1v) is 7.15. The predicted molar refractivity (Wildman–Crippen MR) is 86.1 cm³/mol. The first-order valence-electron chi connectivity index (χ1n) is 6.77. The van der Waals surface area contributed by atoms with E-state index in [1.807, 2.05) is 42.5 Å². The number of fused-ring (bicyclic) bond motifs is 1. The maximum Gasteiger partial charge on any atom is 0.146 e. The largest absolute Gasteiger partial charge is 0.456 e. The van der Waals surface area contributed by atoms with Crippen molar-refractivity contribution in [2.24, 2.45) is 0 Å². The summed E-state index contributed by atoms with van der Waals surface area (Å²) in [5.41, 5.74) is 0.769. The van der Waals surface area contributed by atoms with Gasteiger partial charge in [-0.15, -0.1) is 0 Å². The lowest BCUT2D eigenvalue weighted by molar-refractivity contribution is 0.199. The third-order valence-electron chi connectivity index (χ3n) is 3.39. The van der Waals surface area contributed by atoms with Crippen molar-refractivity contribution < 1.29 is 9.84 Å². The van der Waals surface area contributed by atoms with E-state index >= 15 is 0 Å². The van der Waals surface area contributed by atoms with Crippen LogP contribution in [0, 0.1) is 0 Å². The molecule has 1 N–H and O–H groups in total. The maximum atomic E-state index is 9.55. The zero-order valence-corrected chi connectivity index (χ0v) is 12.3. The van der Waals surface area contributed by atoms with Crippen molar-refractivity contribution in [2.45, 2.75) is 13.0 Å². The number of hydrogen-bond acceptors (Lipinski definition) is 2. The Kier molecular flexibility index (Phi) is 3.82. The summed E-state index contributed by atoms with van der Waals surface area (Å²) in [6, 6.07) is 19.3. The minimum absolute atomic E-state index is 0.488. The van der Waals surface area contributed by atoms with Crippen LogP contribution in [0.4, 0.5) is 0 Å². The topological polar surface area (TPSA) is 29.5 Å². The van der Waals surface area contributed by atoms with Gasteiger partial charge in [-0.1, -0.05) is 48.0 Å². The number of benzene rings is 3. The van der Waals surface area contributed by atoms with Crippen LogP contribution >= 0.6 is 11.6 Å². The van der Waals surface area contributed by atoms with Crippen molar-refractivity contribution in [3.05, 3.63) is 71.2 Å². The van der Waals surface area contributed by atoms with E-state index in [0.717, 1.165) is 16.7 Å². The van der Waals surface area contributed by atoms with Gasteiger partial charge in [0.1, 0.15) is 11.5 Å². The molecule has 21 heavy (non-hydrogen) atoms. The van der Waals surface area contributed by atoms with E-state index in [9.17, 15) is 5.11 Å². The Morgan fingerprint density at radius 2 is 1.71 bits per heavy atom. The Labute approximate surface area is 128 Å². The Morgan fingerprint density at radius 3 is 2.43 bits per heavy atom. The molecule has 0 unspecified atom stereocenters. The van der Waals surface area contributed by atoms with E-state index < -0.39 is 6.10 Å². The van der Waals surface area contributed by atoms with Crippen molar-refractivity contribution in [2.75, 3.05) is 0 Å². The molecule has 0 saturated carbocycles. The monoisotopic (exact) mass is 298 g/mol. The van der Waals surface area contributed by atoms with Gasteiger partial charge in [0.05, 0.1) is 11.1 Å². The van der Waals surface area contributed by atoms with Gasteiger partial charge in [0.25, 0.3) is 0 Å². The minimum Gasteiger partial charge on any atom is -0.456 e. The number of aliphatic hydroxyl groups excluding tert-OH is 1. The molecule has 3 rings (SSSR count). The second-order valence-electron chi connectivity index (χ2n) is 4.98. The van der Waals surface area contributed by atoms with Crippen LogP contribution in [0.15, 0.2) is 60.7 Å². The molecular weight excluding hydrogens is 284 g/mol. The molecule has 0 aliphatic heterocycles. The van der Waals surface area contributed by atoms with Gasteiger partial charge in [-0.3, -0.25) is 0 Å². The summed E-state index contributed by atoms with van der Waals surface area (Å²) in [6.45, 7) is 1.70. The van der Waals surface area contributed by atoms with Crippen LogP contribution < -0.4 is 4.74 Å². The Morgan fingerprint density at radius 1 is 0.952 bits per heavy atom. The Hall–Kier alpha value is -2.03. The summed E-state index contributed by atoms with van der Waals surface area (Å²) in [5.74, 6) is 1.32. The molecule has 3 aromatic carbocycles. The smallest absolute Gasteiger partial charge is 0.146 e. The molecule has 2 nitrogen and oxygen atoms in total. The summed E-state index contributed by atoms with van der Waals surface area (Å²) in [4.78, 5) is 0. The van der Waals surface area contributed by atoms with Crippen LogP contribution in [0.3, 0.4) is 0 Å². The molecule has 3 heteroatoms. The van der Waals surface area contributed by atoms with Crippen LogP contribution in [0.2, 0.25) is 5.02 Å². The summed E-state index contributed by atoms with van der Waals surface area (Å²) < 4.78 is 5.84. The molecule has 0 aromatic heterocycles. The summed E-state index contributed by atoms with van der Waals surface area (Å²) in [5, 5.41) is 12.3. The molecule has 0 heterocycles. The van der Waals surface area contributed by atoms with Crippen molar-refractivity contribution in [3.63, 3.8) is 0 Å². The van der Waals surface area contributed by atoms with Crippen molar-refractivity contribution in [1.29, 1.82) is 0 Å². The van der Waals surface area contributed by atoms with E-state index in [0.29, 0.717) is 10.8 Å². The fourth-order valence-corrected chi connectivity index (χ4v) is 2.45. The average Bonchev–Trinajstić information content (AvgIpc) is 2.49. The minimum atomic E-state index is -0.544. The van der Waals surface area contributed by atoms with Crippen molar-refractivity contribution in [3.8, 4) is 11.5 Å². The molecular formula is C18H15ClO2. The second kappa shape index (κ2) is 5.76. The van der Waals surface area contributed by atoms with E-state index in [-0.39, 0.29) is 0 Å². The fourth-order valence-electron chi connectivity index (χ4n) is 2.22. The highest BCUT2D eigenvalue weighted by molar-refractivity contribution is 6.32. The standard InChI is InChI=1S/C18H15ClO2/c1-12(20)14-7-9-18(17(19)11-14)21-16-8-6-13-4-2-3-5-15(13)10-16/h2-12,20H,1H3/t12-/m1/s1. The van der Waals surface area contributed by atoms with E-state index in [1.54, 1.807) is 19.1 Å². The van der Waals surface area contributed by atoms with Crippen LogP contribution in [-0.4, -0.2) is 5.11 Å². The van der Waals surface area contributed by atoms with Crippen LogP contribution in [-0.2, 0) is 0 Å². The molecule has 1 atom stereocenters. The van der Waals surface area contributed by atoms with Crippen molar-refractivity contribution in [1.82, 2.24) is 0 Å². The third kappa shape index (κ3) is 3.02. The number of rotatable bonds is 3. The summed E-state index contributed by atoms with van der Waals surface area (Å²) in [7, 11) is 0. The molecule has 0 saturated heterocycles. The lowest BCUT2D eigenvalue weighted by Crippen LogP contribution is -1.92. The molecule has 0 aliphatic rings. The normalized spacial score (nSPS) is 12.3. The van der Waals surface area contributed by atoms with Gasteiger partial charge in [-0.2, -0.15) is 0 Å². The zero-order valence-electron chi connectivity index (χ0n) is 11.6. The van der Waals surface area contributed by atoms with Crippen LogP contribution in [0.5, 0.6) is 11.5 Å². The van der Waals surface area contributed by atoms with Gasteiger partial charge in [0, 0.05) is 0 Å². The Bertz CT molecular complexity index is 781. The number of ether oxygens (including phenoxy) is 1. The van der Waals surface area contributed by atoms with Gasteiger partial charge >= 0.3 is 0 Å². The van der Waals surface area contributed by atoms with Gasteiger partial charge in [-0.05, 0) is 47.5 Å². The van der Waals surface area contributed by atoms with Gasteiger partial charge < -0.3 is 9.84 Å². The van der Waals surface area contributed by atoms with Crippen LogP contribution in [0.1, 0.15) is 18.6 Å². The lowest BCUT2D eigenvalue weighted by atomic mass is 10.1. The van der Waals surface area contributed by atoms with Crippen LogP contribution in [0.25, 0.3) is 10.8 Å². The predicted octanol–water partition coefficient (Wildman–Crippen LogP) is 5.34. The van der Waals surface area contributed by atoms with E-state index in [4.69, 9.17) is 16.3 Å². The van der Waals surface area contributed by atoms with Gasteiger partial charge in [0.2, 0.25) is 0 Å². The van der Waals surface area contributed by atoms with Crippen molar-refractivity contribution >= 4 is 22.4 Å². The highest BCUT2D eigenvalue weighted by Gasteiger charge is 2.08. The highest BCUT2D eigenvalue weighted by atomic mass is 35.5. The molecule has 0 amide bonds. The van der Waals surface area contributed by atoms with E-state index in [2.05, 4.69) is 6.07 Å². The first kappa shape index (κ1) is 13.9. The third-order valence-corrected chi connectivity index (χ3v) is 3.68. The molecule has 0 fully saturated rings. The Balaban J connectivity index is 1.91. The molecule has 0 aliphatic carbocycles. The summed E-state index contributed by atoms with van der Waals surface area (Å²) in [6.07, 6.45) is -0.544. The SMILES string of the molecule is C[C@@H](O)c1ccc(Oc2ccc3ccccc3c2)c(Cl)c1. The summed E-state index contributed by atoms with van der Waals surface area (Å²) >= 11 is 6.21. The number of hydrogen-bond donors (Lipinski definition) is 1. The number of halogens is 1. The zero-order chi connectivity index (χ0) is 14.8. The second-order valence-corrected chi connectivity index (χ2v) is 5.38. The van der Waals surface area contributed by atoms with Gasteiger partial charge in [-0.25, -0.2) is 0 Å². The highest BCUT2D eigenvalue weighted by Crippen LogP contribution is 2.32. The lowest BCUT2D eigenvalue weighted by Gasteiger charge is -2.11. The quantitative estimate of drug-likeness (QED) is 0.707. The van der Waals surface area contributed by atoms with Gasteiger partial charge in [0.15, 0.2) is 0 Å². The maximum absolute atomic E-state index is 9.55. The first-order chi connectivity index (χ1) is 10.1. The fraction of sp³-hybridized carbons (Fsp3) is 0.111.